The largest absolute Gasteiger partial charge is 0.480 e. The van der Waals surface area contributed by atoms with Crippen molar-refractivity contribution in [1.29, 1.82) is 0 Å². The van der Waals surface area contributed by atoms with Crippen LogP contribution in [-0.4, -0.2) is 56.5 Å². The number of nitrogens with zero attached hydrogens (tertiary/aromatic N) is 1. The summed E-state index contributed by atoms with van der Waals surface area (Å²) in [5.41, 5.74) is -0.697. The van der Waals surface area contributed by atoms with E-state index in [1.54, 1.807) is 20.8 Å². The van der Waals surface area contributed by atoms with E-state index in [1.165, 1.54) is 4.90 Å². The minimum Gasteiger partial charge on any atom is -0.480 e. The zero-order valence-electron chi connectivity index (χ0n) is 17.1. The molecule has 7 nitrogen and oxygen atoms in total. The second-order valence-corrected chi connectivity index (χ2v) is 11.1. The molecule has 2 aliphatic carbocycles. The van der Waals surface area contributed by atoms with Crippen LogP contribution < -0.4 is 5.32 Å². The van der Waals surface area contributed by atoms with Crippen LogP contribution in [-0.2, 0) is 14.3 Å². The normalized spacial score (nSPS) is 30.1. The van der Waals surface area contributed by atoms with Crippen LogP contribution >= 0.6 is 23.2 Å². The summed E-state index contributed by atoms with van der Waals surface area (Å²) in [5.74, 6) is -2.03. The van der Waals surface area contributed by atoms with Gasteiger partial charge in [0.05, 0.1) is 0 Å². The highest BCUT2D eigenvalue weighted by Crippen LogP contribution is 2.57. The van der Waals surface area contributed by atoms with Crippen molar-refractivity contribution >= 4 is 41.2 Å². The third-order valence-electron chi connectivity index (χ3n) is 6.30. The Morgan fingerprint density at radius 2 is 1.79 bits per heavy atom. The van der Waals surface area contributed by atoms with E-state index < -0.39 is 34.1 Å². The van der Waals surface area contributed by atoms with Gasteiger partial charge >= 0.3 is 12.1 Å². The highest BCUT2D eigenvalue weighted by molar-refractivity contribution is 6.49. The Kier molecular flexibility index (Phi) is 6.31. The fourth-order valence-electron chi connectivity index (χ4n) is 4.92. The molecule has 0 bridgehead atoms. The molecule has 2 amide bonds. The van der Waals surface area contributed by atoms with Crippen molar-refractivity contribution in [3.63, 3.8) is 0 Å². The van der Waals surface area contributed by atoms with E-state index >= 15 is 0 Å². The maximum absolute atomic E-state index is 13.5. The van der Waals surface area contributed by atoms with Crippen molar-refractivity contribution < 1.29 is 24.2 Å². The highest BCUT2D eigenvalue weighted by Gasteiger charge is 2.63. The van der Waals surface area contributed by atoms with Crippen LogP contribution in [0.15, 0.2) is 0 Å². The average molecular weight is 449 g/mol. The monoisotopic (exact) mass is 448 g/mol. The number of alkyl carbamates (subject to hydrolysis) is 1. The molecule has 3 aliphatic rings. The summed E-state index contributed by atoms with van der Waals surface area (Å²) in [6.07, 6.45) is 4.33. The van der Waals surface area contributed by atoms with Crippen LogP contribution in [0.2, 0.25) is 0 Å². The Hall–Kier alpha value is -1.21. The zero-order valence-corrected chi connectivity index (χ0v) is 18.6. The molecule has 4 atom stereocenters. The van der Waals surface area contributed by atoms with Gasteiger partial charge in [-0.1, -0.05) is 19.3 Å². The fourth-order valence-corrected chi connectivity index (χ4v) is 5.74. The van der Waals surface area contributed by atoms with E-state index in [2.05, 4.69) is 5.32 Å². The summed E-state index contributed by atoms with van der Waals surface area (Å²) in [4.78, 5) is 39.2. The summed E-state index contributed by atoms with van der Waals surface area (Å²) in [5, 5.41) is 12.5. The second-order valence-electron chi connectivity index (χ2n) is 9.53. The molecule has 1 heterocycles. The molecule has 29 heavy (non-hydrogen) atoms. The van der Waals surface area contributed by atoms with Crippen molar-refractivity contribution in [3.8, 4) is 0 Å². The third-order valence-corrected chi connectivity index (χ3v) is 7.17. The molecule has 0 aromatic carbocycles. The number of carbonyl (C=O) groups is 3. The minimum atomic E-state index is -1.06. The summed E-state index contributed by atoms with van der Waals surface area (Å²) < 4.78 is 4.35. The number of carboxylic acid groups (broad SMARTS) is 1. The number of likely N-dealkylation sites (tertiary alicyclic amines) is 1. The van der Waals surface area contributed by atoms with Crippen molar-refractivity contribution in [3.05, 3.63) is 0 Å². The Morgan fingerprint density at radius 3 is 2.31 bits per heavy atom. The molecule has 164 valence electrons. The van der Waals surface area contributed by atoms with Gasteiger partial charge in [0.2, 0.25) is 5.91 Å². The van der Waals surface area contributed by atoms with Crippen LogP contribution in [0.3, 0.4) is 0 Å². The van der Waals surface area contributed by atoms with Gasteiger partial charge in [0.15, 0.2) is 0 Å². The number of carboxylic acids is 1. The molecule has 1 aliphatic heterocycles. The van der Waals surface area contributed by atoms with Gasteiger partial charge in [0.25, 0.3) is 0 Å². The Labute approximate surface area is 181 Å². The molecular weight excluding hydrogens is 419 g/mol. The minimum absolute atomic E-state index is 0.0479. The summed E-state index contributed by atoms with van der Waals surface area (Å²) in [6, 6.07) is -1.78. The van der Waals surface area contributed by atoms with Crippen LogP contribution in [0.4, 0.5) is 4.79 Å². The van der Waals surface area contributed by atoms with E-state index in [9.17, 15) is 19.5 Å². The third kappa shape index (κ3) is 4.76. The van der Waals surface area contributed by atoms with E-state index in [1.807, 2.05) is 0 Å². The summed E-state index contributed by atoms with van der Waals surface area (Å²) in [7, 11) is 0. The highest BCUT2D eigenvalue weighted by atomic mass is 35.5. The van der Waals surface area contributed by atoms with Crippen molar-refractivity contribution in [2.24, 2.45) is 17.8 Å². The number of amides is 2. The molecule has 0 aromatic heterocycles. The van der Waals surface area contributed by atoms with E-state index in [-0.39, 0.29) is 30.2 Å². The SMILES string of the molecule is CC(C)(C)OC(=O)N[C@H](C(=O)N1C[C@H]2[C@H](CC2(Cl)Cl)[C@H]1C(=O)O)C1CCCCC1. The lowest BCUT2D eigenvalue weighted by Crippen LogP contribution is -2.56. The maximum Gasteiger partial charge on any atom is 0.408 e. The molecule has 3 rings (SSSR count). The molecular formula is C20H30Cl2N2O5. The Balaban J connectivity index is 1.81. The fraction of sp³-hybridized carbons (Fsp3) is 0.850. The first-order valence-electron chi connectivity index (χ1n) is 10.3. The number of fused-ring (bicyclic) bond motifs is 1. The lowest BCUT2D eigenvalue weighted by molar-refractivity contribution is -0.151. The molecule has 0 spiro atoms. The molecule has 1 saturated heterocycles. The predicted molar refractivity (Wildman–Crippen MR) is 109 cm³/mol. The van der Waals surface area contributed by atoms with Gasteiger partial charge in [-0.2, -0.15) is 0 Å². The topological polar surface area (TPSA) is 95.9 Å². The van der Waals surface area contributed by atoms with Gasteiger partial charge < -0.3 is 20.1 Å². The van der Waals surface area contributed by atoms with Crippen LogP contribution in [0.25, 0.3) is 0 Å². The van der Waals surface area contributed by atoms with E-state index in [0.717, 1.165) is 32.1 Å². The Morgan fingerprint density at radius 1 is 1.17 bits per heavy atom. The molecule has 9 heteroatoms. The van der Waals surface area contributed by atoms with Crippen molar-refractivity contribution in [1.82, 2.24) is 10.2 Å². The number of aliphatic carboxylic acids is 1. The molecule has 2 N–H and O–H groups in total. The quantitative estimate of drug-likeness (QED) is 0.640. The van der Waals surface area contributed by atoms with E-state index in [4.69, 9.17) is 27.9 Å². The van der Waals surface area contributed by atoms with Gasteiger partial charge in [0.1, 0.15) is 22.0 Å². The molecule has 0 radical (unpaired) electrons. The molecule has 2 saturated carbocycles. The standard InChI is InChI=1S/C20H30Cl2N2O5/c1-19(2,3)29-18(28)23-14(11-7-5-4-6-8-11)16(25)24-10-13-12(9-20(13,21)22)15(24)17(26)27/h11-15H,4-10H2,1-3H3,(H,23,28)(H,26,27)/t12-,13-,14-,15-/m0/s1. The predicted octanol–water partition coefficient (Wildman–Crippen LogP) is 3.57. The number of halogens is 2. The first-order valence-corrected chi connectivity index (χ1v) is 11.1. The van der Waals surface area contributed by atoms with Crippen LogP contribution in [0.1, 0.15) is 59.3 Å². The van der Waals surface area contributed by atoms with Crippen molar-refractivity contribution in [2.45, 2.75) is 81.3 Å². The number of hydrogen-bond donors (Lipinski definition) is 2. The lowest BCUT2D eigenvalue weighted by atomic mass is 9.72. The van der Waals surface area contributed by atoms with Crippen LogP contribution in [0, 0.1) is 17.8 Å². The number of hydrogen-bond acceptors (Lipinski definition) is 4. The second kappa shape index (κ2) is 8.14. The van der Waals surface area contributed by atoms with Crippen molar-refractivity contribution in [2.75, 3.05) is 6.54 Å². The number of ether oxygens (including phenoxy) is 1. The number of nitrogens with one attached hydrogen (secondary N) is 1. The number of alkyl halides is 2. The smallest absolute Gasteiger partial charge is 0.408 e. The first kappa shape index (κ1) is 22.5. The summed E-state index contributed by atoms with van der Waals surface area (Å²) >= 11 is 12.6. The van der Waals surface area contributed by atoms with Gasteiger partial charge in [-0.25, -0.2) is 9.59 Å². The van der Waals surface area contributed by atoms with Gasteiger partial charge in [0, 0.05) is 18.4 Å². The number of carbonyl (C=O) groups excluding carboxylic acids is 2. The zero-order chi connectivity index (χ0) is 21.6. The average Bonchev–Trinajstić information content (AvgIpc) is 2.93. The van der Waals surface area contributed by atoms with E-state index in [0.29, 0.717) is 6.42 Å². The van der Waals surface area contributed by atoms with Gasteiger partial charge in [-0.15, -0.1) is 23.2 Å². The van der Waals surface area contributed by atoms with Gasteiger partial charge in [-0.3, -0.25) is 4.79 Å². The Bertz CT molecular complexity index is 672. The molecule has 0 aromatic rings. The lowest BCUT2D eigenvalue weighted by Gasteiger charge is -2.43. The first-order chi connectivity index (χ1) is 13.4. The summed E-state index contributed by atoms with van der Waals surface area (Å²) in [6.45, 7) is 5.45. The molecule has 0 unspecified atom stereocenters. The van der Waals surface area contributed by atoms with Crippen LogP contribution in [0.5, 0.6) is 0 Å². The maximum atomic E-state index is 13.5. The van der Waals surface area contributed by atoms with Gasteiger partial charge in [-0.05, 0) is 46.0 Å². The molecule has 3 fully saturated rings. The number of rotatable bonds is 4.